The van der Waals surface area contributed by atoms with Crippen LogP contribution in [-0.2, 0) is 9.53 Å². The number of carbonyl (C=O) groups is 1. The van der Waals surface area contributed by atoms with Crippen LogP contribution < -0.4 is 4.74 Å². The van der Waals surface area contributed by atoms with Gasteiger partial charge in [-0.25, -0.2) is 0 Å². The van der Waals surface area contributed by atoms with Gasteiger partial charge in [-0.3, -0.25) is 9.78 Å². The van der Waals surface area contributed by atoms with Gasteiger partial charge in [0, 0.05) is 24.4 Å². The molecule has 0 unspecified atom stereocenters. The molecular formula is C17H16BrN3O3. The summed E-state index contributed by atoms with van der Waals surface area (Å²) in [6.45, 7) is 3.36. The number of hydrogen-bond donors (Lipinski definition) is 0. The molecule has 24 heavy (non-hydrogen) atoms. The van der Waals surface area contributed by atoms with Crippen molar-refractivity contribution in [3.63, 3.8) is 0 Å². The third kappa shape index (κ3) is 3.12. The van der Waals surface area contributed by atoms with Crippen molar-refractivity contribution >= 4 is 27.7 Å². The average Bonchev–Trinajstić information content (AvgIpc) is 3.01. The number of halogens is 1. The lowest BCUT2D eigenvalue weighted by Crippen LogP contribution is -2.25. The number of hydrogen-bond acceptors (Lipinski definition) is 5. The Kier molecular flexibility index (Phi) is 4.53. The van der Waals surface area contributed by atoms with Crippen molar-refractivity contribution in [3.05, 3.63) is 57.8 Å². The molecule has 124 valence electrons. The van der Waals surface area contributed by atoms with Crippen LogP contribution in [0.15, 0.2) is 46.1 Å². The molecule has 0 fully saturated rings. The lowest BCUT2D eigenvalue weighted by Gasteiger charge is -2.20. The number of aromatic nitrogens is 1. The molecule has 7 heteroatoms. The van der Waals surface area contributed by atoms with Crippen LogP contribution in [0.2, 0.25) is 0 Å². The van der Waals surface area contributed by atoms with Gasteiger partial charge < -0.3 is 9.47 Å². The summed E-state index contributed by atoms with van der Waals surface area (Å²) in [5.74, 6) is 0.867. The summed E-state index contributed by atoms with van der Waals surface area (Å²) in [6.07, 6.45) is 1.06. The van der Waals surface area contributed by atoms with E-state index >= 15 is 0 Å². The molecule has 0 spiro atoms. The molecule has 1 aliphatic rings. The van der Waals surface area contributed by atoms with Crippen LogP contribution >= 0.6 is 15.9 Å². The Bertz CT molecular complexity index is 805. The summed E-state index contributed by atoms with van der Waals surface area (Å²) >= 11 is 3.45. The third-order valence-corrected chi connectivity index (χ3v) is 4.21. The Hall–Kier alpha value is -2.41. The normalized spacial score (nSPS) is 16.6. The second-order valence-electron chi connectivity index (χ2n) is 5.32. The number of hydrazone groups is 1. The highest BCUT2D eigenvalue weighted by atomic mass is 79.9. The second-order valence-corrected chi connectivity index (χ2v) is 6.18. The van der Waals surface area contributed by atoms with Gasteiger partial charge in [-0.05, 0) is 53.2 Å². The minimum Gasteiger partial charge on any atom is -0.496 e. The third-order valence-electron chi connectivity index (χ3n) is 3.59. The van der Waals surface area contributed by atoms with E-state index in [0.717, 1.165) is 21.3 Å². The van der Waals surface area contributed by atoms with E-state index in [1.807, 2.05) is 37.3 Å². The number of pyridine rings is 1. The predicted molar refractivity (Wildman–Crippen MR) is 92.6 cm³/mol. The molecule has 2 aromatic rings. The molecule has 0 bridgehead atoms. The Balaban J connectivity index is 1.93. The van der Waals surface area contributed by atoms with E-state index in [2.05, 4.69) is 26.0 Å². The zero-order chi connectivity index (χ0) is 17.3. The molecule has 0 aliphatic carbocycles. The van der Waals surface area contributed by atoms with Crippen molar-refractivity contribution in [2.45, 2.75) is 20.1 Å². The highest BCUT2D eigenvalue weighted by Crippen LogP contribution is 2.34. The van der Waals surface area contributed by atoms with Crippen LogP contribution in [0.25, 0.3) is 0 Å². The minimum absolute atomic E-state index is 0.206. The monoisotopic (exact) mass is 389 g/mol. The summed E-state index contributed by atoms with van der Waals surface area (Å²) in [6, 6.07) is 9.25. The van der Waals surface area contributed by atoms with Crippen molar-refractivity contribution in [2.24, 2.45) is 5.10 Å². The number of methoxy groups -OCH3 is 1. The quantitative estimate of drug-likeness (QED) is 0.806. The fourth-order valence-electron chi connectivity index (χ4n) is 2.33. The highest BCUT2D eigenvalue weighted by Gasteiger charge is 2.33. The molecule has 0 saturated heterocycles. The lowest BCUT2D eigenvalue weighted by atomic mass is 10.2. The van der Waals surface area contributed by atoms with Gasteiger partial charge in [-0.1, -0.05) is 0 Å². The van der Waals surface area contributed by atoms with Crippen LogP contribution in [-0.4, -0.2) is 28.9 Å². The van der Waals surface area contributed by atoms with Crippen molar-refractivity contribution in [3.8, 4) is 5.75 Å². The summed E-state index contributed by atoms with van der Waals surface area (Å²) < 4.78 is 11.9. The Morgan fingerprint density at radius 3 is 2.71 bits per heavy atom. The first kappa shape index (κ1) is 16.4. The van der Waals surface area contributed by atoms with E-state index in [-0.39, 0.29) is 5.91 Å². The maximum atomic E-state index is 12.0. The van der Waals surface area contributed by atoms with Crippen LogP contribution in [0.5, 0.6) is 5.75 Å². The molecule has 0 saturated carbocycles. The topological polar surface area (TPSA) is 64.0 Å². The van der Waals surface area contributed by atoms with Gasteiger partial charge in [0.2, 0.25) is 18.0 Å². The zero-order valence-electron chi connectivity index (χ0n) is 13.5. The van der Waals surface area contributed by atoms with Crippen molar-refractivity contribution in [1.29, 1.82) is 0 Å². The molecule has 2 heterocycles. The van der Waals surface area contributed by atoms with E-state index in [1.54, 1.807) is 13.3 Å². The number of aryl methyl sites for hydroxylation is 1. The Labute approximate surface area is 148 Å². The first-order chi connectivity index (χ1) is 11.5. The van der Waals surface area contributed by atoms with Crippen LogP contribution in [0, 0.1) is 6.92 Å². The van der Waals surface area contributed by atoms with Crippen molar-refractivity contribution < 1.29 is 14.3 Å². The molecule has 1 aliphatic heterocycles. The maximum Gasteiger partial charge on any atom is 0.243 e. The Morgan fingerprint density at radius 2 is 2.12 bits per heavy atom. The molecular weight excluding hydrogens is 374 g/mol. The molecule has 1 aromatic carbocycles. The van der Waals surface area contributed by atoms with E-state index in [4.69, 9.17) is 9.47 Å². The number of carbonyl (C=O) groups excluding carboxylic acids is 1. The SMILES string of the molecule is COc1ccc([C@@H]2OC(c3ccc(C)nc3)=NN2C(C)=O)cc1Br. The second kappa shape index (κ2) is 6.60. The van der Waals surface area contributed by atoms with Gasteiger partial charge in [0.25, 0.3) is 0 Å². The molecule has 3 rings (SSSR count). The Morgan fingerprint density at radius 1 is 1.33 bits per heavy atom. The molecule has 6 nitrogen and oxygen atoms in total. The highest BCUT2D eigenvalue weighted by molar-refractivity contribution is 9.10. The van der Waals surface area contributed by atoms with Crippen molar-refractivity contribution in [1.82, 2.24) is 9.99 Å². The van der Waals surface area contributed by atoms with Gasteiger partial charge in [-0.15, -0.1) is 5.10 Å². The van der Waals surface area contributed by atoms with Gasteiger partial charge in [0.05, 0.1) is 17.1 Å². The first-order valence-corrected chi connectivity index (χ1v) is 8.10. The average molecular weight is 390 g/mol. The molecule has 1 atom stereocenters. The van der Waals surface area contributed by atoms with Gasteiger partial charge in [-0.2, -0.15) is 5.01 Å². The number of nitrogens with zero attached hydrogens (tertiary/aromatic N) is 3. The standard InChI is InChI=1S/C17H16BrN3O3/c1-10-4-5-13(9-19-10)16-20-21(11(2)22)17(24-16)12-6-7-15(23-3)14(18)8-12/h4-9,17H,1-3H3/t17-/m0/s1. The number of ether oxygens (including phenoxy) is 2. The largest absolute Gasteiger partial charge is 0.496 e. The van der Waals surface area contributed by atoms with Crippen molar-refractivity contribution in [2.75, 3.05) is 7.11 Å². The number of benzene rings is 1. The van der Waals surface area contributed by atoms with E-state index in [9.17, 15) is 4.79 Å². The summed E-state index contributed by atoms with van der Waals surface area (Å²) in [5, 5.41) is 5.63. The molecule has 0 N–H and O–H groups in total. The van der Waals surface area contributed by atoms with Crippen LogP contribution in [0.3, 0.4) is 0 Å². The summed E-state index contributed by atoms with van der Waals surface area (Å²) in [4.78, 5) is 16.2. The fraction of sp³-hybridized carbons (Fsp3) is 0.235. The molecule has 0 radical (unpaired) electrons. The van der Waals surface area contributed by atoms with Gasteiger partial charge in [0.1, 0.15) is 5.75 Å². The number of rotatable bonds is 3. The lowest BCUT2D eigenvalue weighted by molar-refractivity contribution is -0.135. The van der Waals surface area contributed by atoms with Crippen LogP contribution in [0.1, 0.15) is 30.0 Å². The fourth-order valence-corrected chi connectivity index (χ4v) is 2.89. The predicted octanol–water partition coefficient (Wildman–Crippen LogP) is 3.40. The summed E-state index contributed by atoms with van der Waals surface area (Å²) in [5.41, 5.74) is 2.41. The van der Waals surface area contributed by atoms with Gasteiger partial charge in [0.15, 0.2) is 0 Å². The smallest absolute Gasteiger partial charge is 0.243 e. The van der Waals surface area contributed by atoms with E-state index < -0.39 is 6.23 Å². The van der Waals surface area contributed by atoms with Crippen LogP contribution in [0.4, 0.5) is 0 Å². The maximum absolute atomic E-state index is 12.0. The zero-order valence-corrected chi connectivity index (χ0v) is 15.1. The number of amides is 1. The summed E-state index contributed by atoms with van der Waals surface area (Å²) in [7, 11) is 1.60. The van der Waals surface area contributed by atoms with E-state index in [0.29, 0.717) is 11.6 Å². The molecule has 1 amide bonds. The van der Waals surface area contributed by atoms with Gasteiger partial charge >= 0.3 is 0 Å². The van der Waals surface area contributed by atoms with E-state index in [1.165, 1.54) is 11.9 Å². The first-order valence-electron chi connectivity index (χ1n) is 7.31. The minimum atomic E-state index is -0.624. The molecule has 1 aromatic heterocycles.